The second-order valence-electron chi connectivity index (χ2n) is 3.26. The largest absolute Gasteiger partial charge is 0.500 e. The summed E-state index contributed by atoms with van der Waals surface area (Å²) < 4.78 is 4.78. The average molecular weight is 240 g/mol. The van der Waals surface area contributed by atoms with Crippen molar-refractivity contribution in [1.29, 1.82) is 0 Å². The molecule has 0 amide bonds. The summed E-state index contributed by atoms with van der Waals surface area (Å²) in [7, 11) is 2.84. The number of likely N-dealkylation sites (N-methyl/N-ethyl adjacent to an activating group) is 1. The summed E-state index contributed by atoms with van der Waals surface area (Å²) >= 11 is 0. The summed E-state index contributed by atoms with van der Waals surface area (Å²) in [4.78, 5) is 21.5. The number of hydrogen-bond acceptors (Lipinski definition) is 6. The minimum absolute atomic E-state index is 0.0467. The topological polar surface area (TPSA) is 102 Å². The first-order chi connectivity index (χ1) is 8.01. The number of rotatable bonds is 5. The van der Waals surface area contributed by atoms with E-state index in [1.165, 1.54) is 13.2 Å². The summed E-state index contributed by atoms with van der Waals surface area (Å²) in [5, 5.41) is 22.8. The number of carbonyl (C=O) groups excluding carboxylic acids is 1. The highest BCUT2D eigenvalue weighted by atomic mass is 16.6. The van der Waals surface area contributed by atoms with Gasteiger partial charge in [-0.15, -0.1) is 0 Å². The van der Waals surface area contributed by atoms with Crippen LogP contribution in [-0.2, 0) is 0 Å². The third kappa shape index (κ3) is 2.70. The highest BCUT2D eigenvalue weighted by Crippen LogP contribution is 2.36. The number of hydrogen-bond donors (Lipinski definition) is 2. The minimum Gasteiger partial charge on any atom is -0.500 e. The standard InChI is InChI=1S/C10H12N2O5/c1-11-5-8(13)6-3-7(12(15)16)10(14)9(4-6)17-2/h3-4,11,14H,5H2,1-2H3. The van der Waals surface area contributed by atoms with Crippen molar-refractivity contribution in [3.63, 3.8) is 0 Å². The fourth-order valence-electron chi connectivity index (χ4n) is 1.31. The summed E-state index contributed by atoms with van der Waals surface area (Å²) in [5.41, 5.74) is -0.440. The van der Waals surface area contributed by atoms with E-state index in [0.29, 0.717) is 0 Å². The van der Waals surface area contributed by atoms with Gasteiger partial charge in [-0.3, -0.25) is 14.9 Å². The van der Waals surface area contributed by atoms with Crippen LogP contribution in [0.2, 0.25) is 0 Å². The number of nitrogens with zero attached hydrogens (tertiary/aromatic N) is 1. The molecule has 0 fully saturated rings. The van der Waals surface area contributed by atoms with E-state index in [2.05, 4.69) is 5.32 Å². The highest BCUT2D eigenvalue weighted by molar-refractivity contribution is 5.99. The van der Waals surface area contributed by atoms with Gasteiger partial charge in [-0.2, -0.15) is 0 Å². The zero-order valence-corrected chi connectivity index (χ0v) is 9.39. The van der Waals surface area contributed by atoms with Gasteiger partial charge in [-0.25, -0.2) is 0 Å². The molecular weight excluding hydrogens is 228 g/mol. The molecule has 0 saturated heterocycles. The molecule has 0 aliphatic heterocycles. The third-order valence-corrected chi connectivity index (χ3v) is 2.13. The Labute approximate surface area is 97.2 Å². The molecule has 2 N–H and O–H groups in total. The summed E-state index contributed by atoms with van der Waals surface area (Å²) in [6, 6.07) is 2.29. The number of methoxy groups -OCH3 is 1. The molecule has 0 bridgehead atoms. The van der Waals surface area contributed by atoms with Crippen molar-refractivity contribution in [2.45, 2.75) is 0 Å². The molecular formula is C10H12N2O5. The normalized spacial score (nSPS) is 10.0. The number of ether oxygens (including phenoxy) is 1. The van der Waals surface area contributed by atoms with E-state index in [-0.39, 0.29) is 23.6 Å². The van der Waals surface area contributed by atoms with E-state index < -0.39 is 16.4 Å². The van der Waals surface area contributed by atoms with E-state index in [9.17, 15) is 20.0 Å². The van der Waals surface area contributed by atoms with Crippen LogP contribution in [-0.4, -0.2) is 36.5 Å². The molecule has 7 nitrogen and oxygen atoms in total. The average Bonchev–Trinajstić information content (AvgIpc) is 2.29. The van der Waals surface area contributed by atoms with Crippen molar-refractivity contribution in [2.24, 2.45) is 0 Å². The Morgan fingerprint density at radius 1 is 1.59 bits per heavy atom. The Bertz CT molecular complexity index is 458. The molecule has 0 spiro atoms. The van der Waals surface area contributed by atoms with Crippen LogP contribution >= 0.6 is 0 Å². The van der Waals surface area contributed by atoms with Gasteiger partial charge in [0.15, 0.2) is 11.5 Å². The van der Waals surface area contributed by atoms with E-state index in [4.69, 9.17) is 4.74 Å². The number of aromatic hydroxyl groups is 1. The lowest BCUT2D eigenvalue weighted by atomic mass is 10.1. The number of nitrogens with one attached hydrogen (secondary N) is 1. The number of Topliss-reactive ketones (excluding diaryl/α,β-unsaturated/α-hetero) is 1. The number of benzene rings is 1. The van der Waals surface area contributed by atoms with Crippen LogP contribution in [0.4, 0.5) is 5.69 Å². The van der Waals surface area contributed by atoms with Crippen LogP contribution in [0.3, 0.4) is 0 Å². The number of nitro benzene ring substituents is 1. The summed E-state index contributed by atoms with van der Waals surface area (Å²) in [5.74, 6) is -1.01. The first kappa shape index (κ1) is 12.9. The molecule has 1 aromatic rings. The van der Waals surface area contributed by atoms with Crippen LogP contribution in [0.5, 0.6) is 11.5 Å². The summed E-state index contributed by atoms with van der Waals surface area (Å²) in [6.07, 6.45) is 0. The third-order valence-electron chi connectivity index (χ3n) is 2.13. The van der Waals surface area contributed by atoms with Gasteiger partial charge in [0.05, 0.1) is 18.6 Å². The SMILES string of the molecule is CNCC(=O)c1cc(OC)c(O)c([N+](=O)[O-])c1. The number of phenols is 1. The lowest BCUT2D eigenvalue weighted by molar-refractivity contribution is -0.386. The van der Waals surface area contributed by atoms with Crippen molar-refractivity contribution in [2.75, 3.05) is 20.7 Å². The number of ketones is 1. The predicted molar refractivity (Wildman–Crippen MR) is 59.6 cm³/mol. The van der Waals surface area contributed by atoms with E-state index in [1.807, 2.05) is 0 Å². The van der Waals surface area contributed by atoms with Gasteiger partial charge in [0.1, 0.15) is 0 Å². The first-order valence-corrected chi connectivity index (χ1v) is 4.74. The Morgan fingerprint density at radius 2 is 2.24 bits per heavy atom. The van der Waals surface area contributed by atoms with Gasteiger partial charge in [-0.05, 0) is 13.1 Å². The molecule has 1 aromatic carbocycles. The number of carbonyl (C=O) groups is 1. The lowest BCUT2D eigenvalue weighted by Crippen LogP contribution is -2.18. The van der Waals surface area contributed by atoms with Gasteiger partial charge in [0.25, 0.3) is 0 Å². The second-order valence-corrected chi connectivity index (χ2v) is 3.26. The van der Waals surface area contributed by atoms with Crippen LogP contribution in [0, 0.1) is 10.1 Å². The van der Waals surface area contributed by atoms with Crippen molar-refractivity contribution in [3.05, 3.63) is 27.8 Å². The van der Waals surface area contributed by atoms with E-state index in [0.717, 1.165) is 6.07 Å². The Hall–Kier alpha value is -2.15. The molecule has 0 aliphatic rings. The van der Waals surface area contributed by atoms with Gasteiger partial charge in [0.2, 0.25) is 5.75 Å². The molecule has 1 rings (SSSR count). The van der Waals surface area contributed by atoms with E-state index in [1.54, 1.807) is 7.05 Å². The number of nitro groups is 1. The van der Waals surface area contributed by atoms with Crippen molar-refractivity contribution < 1.29 is 19.6 Å². The van der Waals surface area contributed by atoms with Crippen LogP contribution in [0.1, 0.15) is 10.4 Å². The maximum Gasteiger partial charge on any atom is 0.315 e. The molecule has 0 aromatic heterocycles. The van der Waals surface area contributed by atoms with Crippen LogP contribution < -0.4 is 10.1 Å². The quantitative estimate of drug-likeness (QED) is 0.446. The van der Waals surface area contributed by atoms with Crippen molar-refractivity contribution in [3.8, 4) is 11.5 Å². The first-order valence-electron chi connectivity index (χ1n) is 4.74. The minimum atomic E-state index is -0.770. The molecule has 92 valence electrons. The highest BCUT2D eigenvalue weighted by Gasteiger charge is 2.21. The van der Waals surface area contributed by atoms with Gasteiger partial charge in [-0.1, -0.05) is 0 Å². The molecule has 0 saturated carbocycles. The van der Waals surface area contributed by atoms with E-state index >= 15 is 0 Å². The monoisotopic (exact) mass is 240 g/mol. The molecule has 0 radical (unpaired) electrons. The van der Waals surface area contributed by atoms with Crippen LogP contribution in [0.15, 0.2) is 12.1 Å². The Balaban J connectivity index is 3.29. The molecule has 17 heavy (non-hydrogen) atoms. The molecule has 0 atom stereocenters. The number of phenolic OH excluding ortho intramolecular Hbond substituents is 1. The fourth-order valence-corrected chi connectivity index (χ4v) is 1.31. The molecule has 0 aliphatic carbocycles. The lowest BCUT2D eigenvalue weighted by Gasteiger charge is -2.06. The maximum atomic E-state index is 11.6. The predicted octanol–water partition coefficient (Wildman–Crippen LogP) is 0.711. The zero-order chi connectivity index (χ0) is 13.0. The summed E-state index contributed by atoms with van der Waals surface area (Å²) in [6.45, 7) is 0.0467. The zero-order valence-electron chi connectivity index (χ0n) is 9.39. The maximum absolute atomic E-state index is 11.6. The van der Waals surface area contributed by atoms with Gasteiger partial charge in [0, 0.05) is 11.6 Å². The Morgan fingerprint density at radius 3 is 2.71 bits per heavy atom. The smallest absolute Gasteiger partial charge is 0.315 e. The van der Waals surface area contributed by atoms with Crippen molar-refractivity contribution >= 4 is 11.5 Å². The van der Waals surface area contributed by atoms with Crippen LogP contribution in [0.25, 0.3) is 0 Å². The molecule has 0 heterocycles. The molecule has 7 heteroatoms. The van der Waals surface area contributed by atoms with Gasteiger partial charge < -0.3 is 15.2 Å². The molecule has 0 unspecified atom stereocenters. The van der Waals surface area contributed by atoms with Crippen molar-refractivity contribution in [1.82, 2.24) is 5.32 Å². The fraction of sp³-hybridized carbons (Fsp3) is 0.300. The second kappa shape index (κ2) is 5.26. The van der Waals surface area contributed by atoms with Gasteiger partial charge >= 0.3 is 5.69 Å². The Kier molecular flexibility index (Phi) is 4.00.